The van der Waals surface area contributed by atoms with Crippen LogP contribution in [0.2, 0.25) is 0 Å². The predicted octanol–water partition coefficient (Wildman–Crippen LogP) is 2.98. The quantitative estimate of drug-likeness (QED) is 0.635. The van der Waals surface area contributed by atoms with E-state index in [1.165, 1.54) is 19.3 Å². The lowest BCUT2D eigenvalue weighted by atomic mass is 9.78. The zero-order valence-electron chi connectivity index (χ0n) is 21.5. The summed E-state index contributed by atoms with van der Waals surface area (Å²) < 4.78 is 5.16. The van der Waals surface area contributed by atoms with Crippen LogP contribution in [0.5, 0.6) is 0 Å². The van der Waals surface area contributed by atoms with Gasteiger partial charge in [0.15, 0.2) is 0 Å². The summed E-state index contributed by atoms with van der Waals surface area (Å²) in [6.45, 7) is 7.80. The van der Waals surface area contributed by atoms with Gasteiger partial charge in [-0.15, -0.1) is 0 Å². The molecule has 1 spiro atoms. The number of amides is 2. The first-order valence-electron chi connectivity index (χ1n) is 12.9. The molecule has 2 aromatic rings. The Morgan fingerprint density at radius 1 is 1.11 bits per heavy atom. The van der Waals surface area contributed by atoms with Gasteiger partial charge in [-0.05, 0) is 50.5 Å². The van der Waals surface area contributed by atoms with Crippen molar-refractivity contribution in [2.24, 2.45) is 5.41 Å². The zero-order chi connectivity index (χ0) is 25.3. The first-order chi connectivity index (χ1) is 17.4. The minimum atomic E-state index is -0.167. The zero-order valence-corrected chi connectivity index (χ0v) is 21.5. The van der Waals surface area contributed by atoms with E-state index in [1.54, 1.807) is 25.2 Å². The van der Waals surface area contributed by atoms with E-state index in [2.05, 4.69) is 20.9 Å². The minimum absolute atomic E-state index is 0.0548. The number of nitrogens with zero attached hydrogens (tertiary/aromatic N) is 6. The van der Waals surface area contributed by atoms with Crippen LogP contribution >= 0.6 is 0 Å². The van der Waals surface area contributed by atoms with E-state index in [4.69, 9.17) is 9.72 Å². The number of carbonyl (C=O) groups is 2. The molecule has 9 heteroatoms. The van der Waals surface area contributed by atoms with E-state index in [9.17, 15) is 9.59 Å². The number of carbonyl (C=O) groups excluding carboxylic acids is 2. The molecule has 0 radical (unpaired) electrons. The van der Waals surface area contributed by atoms with Gasteiger partial charge in [0, 0.05) is 82.8 Å². The van der Waals surface area contributed by atoms with Gasteiger partial charge in [-0.2, -0.15) is 0 Å². The van der Waals surface area contributed by atoms with Gasteiger partial charge in [0.1, 0.15) is 5.82 Å². The Balaban J connectivity index is 1.19. The molecular weight excluding hydrogens is 456 g/mol. The number of piperazine rings is 1. The minimum Gasteiger partial charge on any atom is -0.450 e. The molecule has 2 amide bonds. The van der Waals surface area contributed by atoms with Gasteiger partial charge in [0.2, 0.25) is 0 Å². The van der Waals surface area contributed by atoms with Crippen LogP contribution in [0, 0.1) is 5.41 Å². The summed E-state index contributed by atoms with van der Waals surface area (Å²) in [7, 11) is 3.48. The van der Waals surface area contributed by atoms with E-state index >= 15 is 0 Å². The third-order valence-electron chi connectivity index (χ3n) is 7.86. The number of aromatic nitrogens is 2. The molecule has 36 heavy (non-hydrogen) atoms. The molecule has 2 saturated heterocycles. The molecule has 1 atom stereocenters. The van der Waals surface area contributed by atoms with E-state index in [1.807, 2.05) is 36.2 Å². The molecule has 2 aliphatic heterocycles. The summed E-state index contributed by atoms with van der Waals surface area (Å²) in [6.07, 6.45) is 6.87. The summed E-state index contributed by atoms with van der Waals surface area (Å²) >= 11 is 0. The average molecular weight is 493 g/mol. The normalized spacial score (nSPS) is 21.4. The maximum Gasteiger partial charge on any atom is 0.409 e. The molecule has 5 rings (SSSR count). The van der Waals surface area contributed by atoms with Crippen molar-refractivity contribution in [2.45, 2.75) is 32.2 Å². The number of rotatable bonds is 5. The Kier molecular flexibility index (Phi) is 6.83. The highest BCUT2D eigenvalue weighted by Gasteiger charge is 2.51. The highest BCUT2D eigenvalue weighted by atomic mass is 16.6. The van der Waals surface area contributed by atoms with Crippen LogP contribution in [0.4, 0.5) is 10.6 Å². The molecule has 4 heterocycles. The second-order valence-electron chi connectivity index (χ2n) is 10.5. The van der Waals surface area contributed by atoms with Crippen LogP contribution < -0.4 is 4.90 Å². The first kappa shape index (κ1) is 24.5. The molecule has 2 aromatic heterocycles. The Labute approximate surface area is 213 Å². The molecule has 1 aliphatic carbocycles. The highest BCUT2D eigenvalue weighted by molar-refractivity contribution is 5.94. The smallest absolute Gasteiger partial charge is 0.409 e. The van der Waals surface area contributed by atoms with Crippen LogP contribution in [-0.4, -0.2) is 103 Å². The monoisotopic (exact) mass is 492 g/mol. The van der Waals surface area contributed by atoms with Gasteiger partial charge in [-0.3, -0.25) is 14.7 Å². The number of pyridine rings is 2. The summed E-state index contributed by atoms with van der Waals surface area (Å²) in [6, 6.07) is 8.31. The number of hydrogen-bond donors (Lipinski definition) is 0. The first-order valence-corrected chi connectivity index (χ1v) is 12.9. The van der Waals surface area contributed by atoms with Crippen LogP contribution in [-0.2, 0) is 4.74 Å². The third-order valence-corrected chi connectivity index (χ3v) is 7.86. The van der Waals surface area contributed by atoms with Crippen molar-refractivity contribution in [2.75, 3.05) is 64.9 Å². The van der Waals surface area contributed by atoms with Gasteiger partial charge < -0.3 is 19.4 Å². The molecule has 192 valence electrons. The fourth-order valence-electron chi connectivity index (χ4n) is 5.97. The third kappa shape index (κ3) is 4.76. The standard InChI is InChI=1S/C27H36N6O3/c1-4-36-26(35)33-18-27(19-33)10-9-21(16-27)31-12-14-32(15-13-31)24-22(6-5-11-28-24)23-8-7-20(17-29-23)25(34)30(2)3/h5-8,11,17,21H,4,9-10,12-16,18-19H2,1-3H3/t21-/m1/s1. The van der Waals surface area contributed by atoms with Gasteiger partial charge in [0.25, 0.3) is 5.91 Å². The number of hydrogen-bond acceptors (Lipinski definition) is 7. The topological polar surface area (TPSA) is 82.1 Å². The van der Waals surface area contributed by atoms with Crippen molar-refractivity contribution in [3.8, 4) is 11.3 Å². The molecule has 0 aromatic carbocycles. The Morgan fingerprint density at radius 3 is 2.56 bits per heavy atom. The van der Waals surface area contributed by atoms with Crippen molar-refractivity contribution in [1.82, 2.24) is 24.7 Å². The SMILES string of the molecule is CCOC(=O)N1CC2(CC[C@@H](N3CCN(c4ncccc4-c4ccc(C(=O)N(C)C)cn4)CC3)C2)C1. The summed E-state index contributed by atoms with van der Waals surface area (Å²) in [5.41, 5.74) is 2.68. The molecule has 0 unspecified atom stereocenters. The Morgan fingerprint density at radius 2 is 1.89 bits per heavy atom. The number of anilines is 1. The second kappa shape index (κ2) is 10.0. The largest absolute Gasteiger partial charge is 0.450 e. The lowest BCUT2D eigenvalue weighted by Gasteiger charge is -2.48. The fourth-order valence-corrected chi connectivity index (χ4v) is 5.97. The molecule has 3 fully saturated rings. The molecular formula is C27H36N6O3. The summed E-state index contributed by atoms with van der Waals surface area (Å²) in [5, 5.41) is 0. The molecule has 0 bridgehead atoms. The van der Waals surface area contributed by atoms with Crippen molar-refractivity contribution in [3.63, 3.8) is 0 Å². The molecule has 3 aliphatic rings. The molecule has 0 N–H and O–H groups in total. The van der Waals surface area contributed by atoms with Gasteiger partial charge in [0.05, 0.1) is 17.9 Å². The Bertz CT molecular complexity index is 1090. The van der Waals surface area contributed by atoms with Crippen LogP contribution in [0.3, 0.4) is 0 Å². The highest BCUT2D eigenvalue weighted by Crippen LogP contribution is 2.47. The molecule has 9 nitrogen and oxygen atoms in total. The predicted molar refractivity (Wildman–Crippen MR) is 138 cm³/mol. The van der Waals surface area contributed by atoms with Crippen LogP contribution in [0.25, 0.3) is 11.3 Å². The van der Waals surface area contributed by atoms with Gasteiger partial charge in [-0.25, -0.2) is 9.78 Å². The lowest BCUT2D eigenvalue weighted by molar-refractivity contribution is -0.00294. The number of likely N-dealkylation sites (tertiary alicyclic amines) is 1. The average Bonchev–Trinajstić information content (AvgIpc) is 3.34. The van der Waals surface area contributed by atoms with Crippen molar-refractivity contribution >= 4 is 17.8 Å². The van der Waals surface area contributed by atoms with Crippen molar-refractivity contribution < 1.29 is 14.3 Å². The van der Waals surface area contributed by atoms with Crippen molar-refractivity contribution in [3.05, 3.63) is 42.2 Å². The van der Waals surface area contributed by atoms with E-state index in [0.29, 0.717) is 18.2 Å². The maximum absolute atomic E-state index is 12.2. The van der Waals surface area contributed by atoms with Gasteiger partial charge >= 0.3 is 6.09 Å². The van der Waals surface area contributed by atoms with Crippen molar-refractivity contribution in [1.29, 1.82) is 0 Å². The summed E-state index contributed by atoms with van der Waals surface area (Å²) in [5.74, 6) is 0.893. The van der Waals surface area contributed by atoms with Crippen LogP contribution in [0.15, 0.2) is 36.7 Å². The maximum atomic E-state index is 12.2. The van der Waals surface area contributed by atoms with Gasteiger partial charge in [-0.1, -0.05) is 0 Å². The van der Waals surface area contributed by atoms with E-state index < -0.39 is 0 Å². The van der Waals surface area contributed by atoms with Crippen LogP contribution in [0.1, 0.15) is 36.5 Å². The van der Waals surface area contributed by atoms with E-state index in [-0.39, 0.29) is 17.4 Å². The molecule has 1 saturated carbocycles. The fraction of sp³-hybridized carbons (Fsp3) is 0.556. The number of ether oxygens (including phenoxy) is 1. The second-order valence-corrected chi connectivity index (χ2v) is 10.5. The van der Waals surface area contributed by atoms with E-state index in [0.717, 1.165) is 56.3 Å². The lowest BCUT2D eigenvalue weighted by Crippen LogP contribution is -2.58. The Hall–Kier alpha value is -3.20. The summed E-state index contributed by atoms with van der Waals surface area (Å²) in [4.78, 5) is 41.9.